The van der Waals surface area contributed by atoms with E-state index in [1.165, 1.54) is 0 Å². The summed E-state index contributed by atoms with van der Waals surface area (Å²) in [6.45, 7) is 0.613. The number of nitrogens with zero attached hydrogens (tertiary/aromatic N) is 4. The van der Waals surface area contributed by atoms with E-state index in [9.17, 15) is 4.79 Å². The van der Waals surface area contributed by atoms with Crippen molar-refractivity contribution in [2.24, 2.45) is 13.0 Å². The lowest BCUT2D eigenvalue weighted by Gasteiger charge is -2.27. The van der Waals surface area contributed by atoms with Crippen molar-refractivity contribution in [1.29, 1.82) is 0 Å². The standard InChI is InChI=1S/C20H18ClN5O2/c1-26-11-23-25-18(26)12-6-14(10-22-9-12)24-19(27)16-8-20(16)4-5-28-17-3-2-13(21)7-15(17)20/h2-3,6-7,9-11,16H,4-5,8H2,1H3,(H,24,27)/t16-,20-/m0/s1. The van der Waals surface area contributed by atoms with Crippen LogP contribution in [0.25, 0.3) is 11.4 Å². The zero-order valence-electron chi connectivity index (χ0n) is 15.2. The molecular weight excluding hydrogens is 378 g/mol. The van der Waals surface area contributed by atoms with E-state index in [-0.39, 0.29) is 17.2 Å². The molecule has 1 aliphatic heterocycles. The van der Waals surface area contributed by atoms with E-state index in [1.54, 1.807) is 23.3 Å². The SMILES string of the molecule is Cn1cnnc1-c1cncc(NC(=O)[C@@H]2C[C@]23CCOc2ccc(Cl)cc23)c1. The number of ether oxygens (including phenoxy) is 1. The molecule has 1 N–H and O–H groups in total. The predicted octanol–water partition coefficient (Wildman–Crippen LogP) is 3.21. The molecule has 1 spiro atoms. The summed E-state index contributed by atoms with van der Waals surface area (Å²) >= 11 is 6.19. The van der Waals surface area contributed by atoms with Crippen LogP contribution in [0.4, 0.5) is 5.69 Å². The Hall–Kier alpha value is -2.93. The molecule has 28 heavy (non-hydrogen) atoms. The van der Waals surface area contributed by atoms with Gasteiger partial charge in [-0.2, -0.15) is 0 Å². The number of hydrogen-bond acceptors (Lipinski definition) is 5. The second-order valence-electron chi connectivity index (χ2n) is 7.37. The molecule has 2 aliphatic rings. The number of benzene rings is 1. The van der Waals surface area contributed by atoms with Gasteiger partial charge in [0, 0.05) is 40.7 Å². The van der Waals surface area contributed by atoms with E-state index in [0.717, 1.165) is 29.7 Å². The van der Waals surface area contributed by atoms with E-state index in [4.69, 9.17) is 16.3 Å². The zero-order chi connectivity index (χ0) is 19.3. The van der Waals surface area contributed by atoms with Crippen LogP contribution in [0, 0.1) is 5.92 Å². The molecule has 1 amide bonds. The fourth-order valence-corrected chi connectivity index (χ4v) is 4.29. The highest BCUT2D eigenvalue weighted by Crippen LogP contribution is 2.61. The molecule has 5 rings (SSSR count). The van der Waals surface area contributed by atoms with Crippen molar-refractivity contribution >= 4 is 23.2 Å². The minimum Gasteiger partial charge on any atom is -0.493 e. The van der Waals surface area contributed by atoms with Gasteiger partial charge >= 0.3 is 0 Å². The number of pyridine rings is 1. The molecule has 1 saturated carbocycles. The largest absolute Gasteiger partial charge is 0.493 e. The van der Waals surface area contributed by atoms with Gasteiger partial charge in [0.2, 0.25) is 5.91 Å². The van der Waals surface area contributed by atoms with Crippen LogP contribution >= 0.6 is 11.6 Å². The van der Waals surface area contributed by atoms with Crippen LogP contribution < -0.4 is 10.1 Å². The van der Waals surface area contributed by atoms with Crippen LogP contribution in [0.1, 0.15) is 18.4 Å². The highest BCUT2D eigenvalue weighted by Gasteiger charge is 2.61. The summed E-state index contributed by atoms with van der Waals surface area (Å²) in [6.07, 6.45) is 6.58. The minimum atomic E-state index is -0.183. The number of rotatable bonds is 3. The molecule has 7 nitrogen and oxygen atoms in total. The number of anilines is 1. The van der Waals surface area contributed by atoms with Crippen molar-refractivity contribution in [1.82, 2.24) is 19.7 Å². The summed E-state index contributed by atoms with van der Waals surface area (Å²) in [5.41, 5.74) is 2.30. The number of nitrogens with one attached hydrogen (secondary N) is 1. The van der Waals surface area contributed by atoms with E-state index in [2.05, 4.69) is 20.5 Å². The summed E-state index contributed by atoms with van der Waals surface area (Å²) in [4.78, 5) is 17.2. The summed E-state index contributed by atoms with van der Waals surface area (Å²) < 4.78 is 7.56. The number of carbonyl (C=O) groups is 1. The number of carbonyl (C=O) groups excluding carboxylic acids is 1. The van der Waals surface area contributed by atoms with Gasteiger partial charge in [0.25, 0.3) is 0 Å². The first-order valence-electron chi connectivity index (χ1n) is 9.10. The van der Waals surface area contributed by atoms with Crippen molar-refractivity contribution in [3.63, 3.8) is 0 Å². The predicted molar refractivity (Wildman–Crippen MR) is 104 cm³/mol. The third-order valence-corrected chi connectivity index (χ3v) is 5.89. The first-order chi connectivity index (χ1) is 13.6. The molecule has 0 radical (unpaired) electrons. The van der Waals surface area contributed by atoms with E-state index >= 15 is 0 Å². The number of fused-ring (bicyclic) bond motifs is 2. The van der Waals surface area contributed by atoms with E-state index in [1.807, 2.05) is 31.3 Å². The van der Waals surface area contributed by atoms with Crippen molar-refractivity contribution in [2.75, 3.05) is 11.9 Å². The number of aromatic nitrogens is 4. The molecule has 2 atom stereocenters. The molecule has 1 aromatic carbocycles. The quantitative estimate of drug-likeness (QED) is 0.736. The van der Waals surface area contributed by atoms with Gasteiger partial charge in [0.05, 0.1) is 18.5 Å². The lowest BCUT2D eigenvalue weighted by Crippen LogP contribution is -2.26. The smallest absolute Gasteiger partial charge is 0.228 e. The average Bonchev–Trinajstić information content (AvgIpc) is 3.24. The molecule has 142 valence electrons. The van der Waals surface area contributed by atoms with Crippen LogP contribution in [0.3, 0.4) is 0 Å². The summed E-state index contributed by atoms with van der Waals surface area (Å²) in [7, 11) is 1.86. The molecular formula is C20H18ClN5O2. The van der Waals surface area contributed by atoms with Gasteiger partial charge in [-0.3, -0.25) is 9.78 Å². The average molecular weight is 396 g/mol. The van der Waals surface area contributed by atoms with Crippen molar-refractivity contribution in [3.8, 4) is 17.1 Å². The van der Waals surface area contributed by atoms with Gasteiger partial charge in [-0.05, 0) is 37.1 Å². The fraction of sp³-hybridized carbons (Fsp3) is 0.300. The maximum Gasteiger partial charge on any atom is 0.228 e. The number of hydrogen-bond donors (Lipinski definition) is 1. The summed E-state index contributed by atoms with van der Waals surface area (Å²) in [5.74, 6) is 1.41. The van der Waals surface area contributed by atoms with Crippen LogP contribution in [0.15, 0.2) is 43.0 Å². The van der Waals surface area contributed by atoms with E-state index < -0.39 is 0 Å². The third kappa shape index (κ3) is 2.74. The second kappa shape index (κ2) is 6.31. The van der Waals surface area contributed by atoms with E-state index in [0.29, 0.717) is 23.1 Å². The second-order valence-corrected chi connectivity index (χ2v) is 7.81. The lowest BCUT2D eigenvalue weighted by atomic mass is 9.87. The fourth-order valence-electron chi connectivity index (χ4n) is 4.12. The molecule has 0 saturated heterocycles. The molecule has 0 unspecified atom stereocenters. The Morgan fingerprint density at radius 2 is 2.25 bits per heavy atom. The van der Waals surface area contributed by atoms with Crippen LogP contribution in [-0.4, -0.2) is 32.3 Å². The molecule has 3 heterocycles. The number of halogens is 1. The van der Waals surface area contributed by atoms with Gasteiger partial charge in [-0.25, -0.2) is 0 Å². The Bertz CT molecular complexity index is 1080. The highest BCUT2D eigenvalue weighted by atomic mass is 35.5. The Kier molecular flexibility index (Phi) is 3.87. The maximum absolute atomic E-state index is 13.0. The molecule has 2 aromatic heterocycles. The number of amides is 1. The summed E-state index contributed by atoms with van der Waals surface area (Å²) in [6, 6.07) is 7.50. The van der Waals surface area contributed by atoms with Crippen molar-refractivity contribution < 1.29 is 9.53 Å². The van der Waals surface area contributed by atoms with Crippen LogP contribution in [-0.2, 0) is 17.3 Å². The van der Waals surface area contributed by atoms with Gasteiger partial charge in [0.1, 0.15) is 12.1 Å². The first kappa shape index (κ1) is 17.2. The van der Waals surface area contributed by atoms with Gasteiger partial charge in [-0.15, -0.1) is 10.2 Å². The Morgan fingerprint density at radius 3 is 3.07 bits per heavy atom. The van der Waals surface area contributed by atoms with Gasteiger partial charge in [-0.1, -0.05) is 11.6 Å². The normalized spacial score (nSPS) is 22.4. The van der Waals surface area contributed by atoms with Crippen LogP contribution in [0.2, 0.25) is 5.02 Å². The van der Waals surface area contributed by atoms with Crippen molar-refractivity contribution in [3.05, 3.63) is 53.6 Å². The molecule has 1 aliphatic carbocycles. The number of aryl methyl sites for hydroxylation is 1. The monoisotopic (exact) mass is 395 g/mol. The van der Waals surface area contributed by atoms with Crippen LogP contribution in [0.5, 0.6) is 5.75 Å². The molecule has 3 aromatic rings. The van der Waals surface area contributed by atoms with Gasteiger partial charge < -0.3 is 14.6 Å². The molecule has 1 fully saturated rings. The Balaban J connectivity index is 1.38. The maximum atomic E-state index is 13.0. The molecule has 0 bridgehead atoms. The Labute approximate surface area is 166 Å². The topological polar surface area (TPSA) is 81.9 Å². The first-order valence-corrected chi connectivity index (χ1v) is 9.48. The third-order valence-electron chi connectivity index (χ3n) is 5.65. The minimum absolute atomic E-state index is 0.00950. The zero-order valence-corrected chi connectivity index (χ0v) is 16.0. The van der Waals surface area contributed by atoms with Crippen molar-refractivity contribution in [2.45, 2.75) is 18.3 Å². The van der Waals surface area contributed by atoms with Gasteiger partial charge in [0.15, 0.2) is 5.82 Å². The summed E-state index contributed by atoms with van der Waals surface area (Å²) in [5, 5.41) is 11.6. The molecule has 8 heteroatoms. The Morgan fingerprint density at radius 1 is 1.36 bits per heavy atom. The highest BCUT2D eigenvalue weighted by molar-refractivity contribution is 6.30. The lowest BCUT2D eigenvalue weighted by molar-refractivity contribution is -0.117.